The summed E-state index contributed by atoms with van der Waals surface area (Å²) >= 11 is 0. The highest BCUT2D eigenvalue weighted by molar-refractivity contribution is 8.14. The SMILES string of the molecule is Cc1c2cccc(S(=O)(=O)Cl)c2nn1C. The van der Waals surface area contributed by atoms with Crippen molar-refractivity contribution >= 4 is 30.6 Å². The monoisotopic (exact) mass is 244 g/mol. The third kappa shape index (κ3) is 1.61. The van der Waals surface area contributed by atoms with Crippen LogP contribution in [-0.2, 0) is 16.1 Å². The van der Waals surface area contributed by atoms with E-state index in [1.54, 1.807) is 17.8 Å². The molecule has 2 aromatic rings. The van der Waals surface area contributed by atoms with Gasteiger partial charge in [0.2, 0.25) is 0 Å². The zero-order valence-electron chi connectivity index (χ0n) is 8.23. The summed E-state index contributed by atoms with van der Waals surface area (Å²) < 4.78 is 24.2. The van der Waals surface area contributed by atoms with Crippen LogP contribution in [0.1, 0.15) is 5.69 Å². The summed E-state index contributed by atoms with van der Waals surface area (Å²) in [5.74, 6) is 0. The van der Waals surface area contributed by atoms with Gasteiger partial charge in [-0.25, -0.2) is 8.42 Å². The third-order valence-electron chi connectivity index (χ3n) is 2.39. The van der Waals surface area contributed by atoms with Crippen molar-refractivity contribution in [3.8, 4) is 0 Å². The van der Waals surface area contributed by atoms with Crippen LogP contribution in [0, 0.1) is 6.92 Å². The van der Waals surface area contributed by atoms with Gasteiger partial charge in [0, 0.05) is 28.8 Å². The maximum absolute atomic E-state index is 11.3. The summed E-state index contributed by atoms with van der Waals surface area (Å²) in [6, 6.07) is 4.94. The van der Waals surface area contributed by atoms with E-state index in [2.05, 4.69) is 5.10 Å². The quantitative estimate of drug-likeness (QED) is 0.719. The number of hydrogen-bond donors (Lipinski definition) is 0. The highest BCUT2D eigenvalue weighted by Gasteiger charge is 2.17. The predicted molar refractivity (Wildman–Crippen MR) is 58.5 cm³/mol. The molecule has 0 atom stereocenters. The standard InChI is InChI=1S/C9H9ClN2O2S/c1-6-7-4-3-5-8(15(10,13)14)9(7)11-12(6)2/h3-5H,1-2H3. The van der Waals surface area contributed by atoms with E-state index in [-0.39, 0.29) is 4.90 Å². The molecule has 15 heavy (non-hydrogen) atoms. The van der Waals surface area contributed by atoms with Gasteiger partial charge in [-0.1, -0.05) is 12.1 Å². The largest absolute Gasteiger partial charge is 0.272 e. The predicted octanol–water partition coefficient (Wildman–Crippen LogP) is 1.81. The molecule has 0 aliphatic rings. The van der Waals surface area contributed by atoms with Crippen molar-refractivity contribution < 1.29 is 8.42 Å². The van der Waals surface area contributed by atoms with Gasteiger partial charge >= 0.3 is 0 Å². The van der Waals surface area contributed by atoms with E-state index in [1.165, 1.54) is 6.07 Å². The summed E-state index contributed by atoms with van der Waals surface area (Å²) in [5, 5.41) is 4.94. The van der Waals surface area contributed by atoms with Gasteiger partial charge in [0.05, 0.1) is 0 Å². The molecule has 4 nitrogen and oxygen atoms in total. The van der Waals surface area contributed by atoms with Gasteiger partial charge in [-0.3, -0.25) is 4.68 Å². The lowest BCUT2D eigenvalue weighted by Gasteiger charge is -1.96. The molecule has 0 aliphatic carbocycles. The molecule has 1 aromatic heterocycles. The van der Waals surface area contributed by atoms with Crippen molar-refractivity contribution in [1.82, 2.24) is 9.78 Å². The first kappa shape index (κ1) is 10.4. The minimum absolute atomic E-state index is 0.0605. The minimum Gasteiger partial charge on any atom is -0.272 e. The van der Waals surface area contributed by atoms with Gasteiger partial charge < -0.3 is 0 Å². The Morgan fingerprint density at radius 1 is 1.40 bits per heavy atom. The van der Waals surface area contributed by atoms with Crippen LogP contribution in [0.3, 0.4) is 0 Å². The molecule has 1 heterocycles. The van der Waals surface area contributed by atoms with E-state index in [0.29, 0.717) is 5.52 Å². The topological polar surface area (TPSA) is 52.0 Å². The molecule has 0 bridgehead atoms. The maximum atomic E-state index is 11.3. The van der Waals surface area contributed by atoms with Crippen LogP contribution in [0.2, 0.25) is 0 Å². The molecule has 0 unspecified atom stereocenters. The van der Waals surface area contributed by atoms with Crippen LogP contribution in [-0.4, -0.2) is 18.2 Å². The van der Waals surface area contributed by atoms with Gasteiger partial charge in [0.1, 0.15) is 10.4 Å². The minimum atomic E-state index is -3.74. The second-order valence-electron chi connectivity index (χ2n) is 3.30. The molecule has 0 saturated carbocycles. The fraction of sp³-hybridized carbons (Fsp3) is 0.222. The van der Waals surface area contributed by atoms with Gasteiger partial charge in [-0.2, -0.15) is 5.10 Å². The van der Waals surface area contributed by atoms with Crippen molar-refractivity contribution in [3.05, 3.63) is 23.9 Å². The molecule has 0 amide bonds. The lowest BCUT2D eigenvalue weighted by Crippen LogP contribution is -1.93. The van der Waals surface area contributed by atoms with Gasteiger partial charge in [-0.05, 0) is 13.0 Å². The lowest BCUT2D eigenvalue weighted by molar-refractivity contribution is 0.610. The molecule has 0 saturated heterocycles. The molecule has 0 fully saturated rings. The highest BCUT2D eigenvalue weighted by atomic mass is 35.7. The summed E-state index contributed by atoms with van der Waals surface area (Å²) in [6.45, 7) is 1.87. The van der Waals surface area contributed by atoms with E-state index >= 15 is 0 Å². The molecule has 2 rings (SSSR count). The Morgan fingerprint density at radius 3 is 2.67 bits per heavy atom. The Hall–Kier alpha value is -1.07. The van der Waals surface area contributed by atoms with E-state index in [1.807, 2.05) is 13.0 Å². The number of benzene rings is 1. The Labute approximate surface area is 91.9 Å². The van der Waals surface area contributed by atoms with Gasteiger partial charge in [0.25, 0.3) is 9.05 Å². The van der Waals surface area contributed by atoms with Gasteiger partial charge in [-0.15, -0.1) is 0 Å². The van der Waals surface area contributed by atoms with E-state index in [0.717, 1.165) is 11.1 Å². The summed E-state index contributed by atoms with van der Waals surface area (Å²) in [4.78, 5) is 0.0605. The van der Waals surface area contributed by atoms with Crippen molar-refractivity contribution in [2.24, 2.45) is 7.05 Å². The molecule has 0 spiro atoms. The van der Waals surface area contributed by atoms with E-state index in [9.17, 15) is 8.42 Å². The lowest BCUT2D eigenvalue weighted by atomic mass is 10.2. The van der Waals surface area contributed by atoms with Crippen LogP contribution in [0.4, 0.5) is 0 Å². The van der Waals surface area contributed by atoms with Crippen LogP contribution < -0.4 is 0 Å². The average molecular weight is 245 g/mol. The molecule has 0 radical (unpaired) electrons. The van der Waals surface area contributed by atoms with Gasteiger partial charge in [0.15, 0.2) is 0 Å². The number of fused-ring (bicyclic) bond motifs is 1. The van der Waals surface area contributed by atoms with Crippen molar-refractivity contribution in [3.63, 3.8) is 0 Å². The zero-order chi connectivity index (χ0) is 11.2. The molecule has 1 aromatic carbocycles. The molecule has 0 aliphatic heterocycles. The first-order valence-corrected chi connectivity index (χ1v) is 6.59. The maximum Gasteiger partial charge on any atom is 0.263 e. The number of aromatic nitrogens is 2. The van der Waals surface area contributed by atoms with Crippen LogP contribution in [0.5, 0.6) is 0 Å². The molecular formula is C9H9ClN2O2S. The van der Waals surface area contributed by atoms with E-state index in [4.69, 9.17) is 10.7 Å². The molecular weight excluding hydrogens is 236 g/mol. The van der Waals surface area contributed by atoms with E-state index < -0.39 is 9.05 Å². The van der Waals surface area contributed by atoms with Crippen LogP contribution in [0.15, 0.2) is 23.1 Å². The summed E-state index contributed by atoms with van der Waals surface area (Å²) in [5.41, 5.74) is 1.33. The third-order valence-corrected chi connectivity index (χ3v) is 3.74. The Morgan fingerprint density at radius 2 is 2.07 bits per heavy atom. The fourth-order valence-electron chi connectivity index (χ4n) is 1.51. The van der Waals surface area contributed by atoms with Crippen molar-refractivity contribution in [2.75, 3.05) is 0 Å². The smallest absolute Gasteiger partial charge is 0.263 e. The first-order chi connectivity index (χ1) is 6.91. The number of rotatable bonds is 1. The highest BCUT2D eigenvalue weighted by Crippen LogP contribution is 2.26. The second kappa shape index (κ2) is 3.21. The molecule has 0 N–H and O–H groups in total. The zero-order valence-corrected chi connectivity index (χ0v) is 9.80. The first-order valence-electron chi connectivity index (χ1n) is 4.28. The Kier molecular flexibility index (Phi) is 2.24. The van der Waals surface area contributed by atoms with Crippen LogP contribution >= 0.6 is 10.7 Å². The Balaban J connectivity index is 2.96. The normalized spacial score (nSPS) is 12.2. The number of halogens is 1. The fourth-order valence-corrected chi connectivity index (χ4v) is 2.51. The summed E-state index contributed by atoms with van der Waals surface area (Å²) in [7, 11) is 3.35. The van der Waals surface area contributed by atoms with Crippen molar-refractivity contribution in [2.45, 2.75) is 11.8 Å². The number of hydrogen-bond acceptors (Lipinski definition) is 3. The second-order valence-corrected chi connectivity index (χ2v) is 5.83. The van der Waals surface area contributed by atoms with Crippen molar-refractivity contribution in [1.29, 1.82) is 0 Å². The number of aryl methyl sites for hydroxylation is 2. The number of nitrogens with zero attached hydrogens (tertiary/aromatic N) is 2. The summed E-state index contributed by atoms with van der Waals surface area (Å²) in [6.07, 6.45) is 0. The van der Waals surface area contributed by atoms with Crippen LogP contribution in [0.25, 0.3) is 10.9 Å². The Bertz CT molecular complexity index is 631. The molecule has 6 heteroatoms. The molecule has 80 valence electrons. The average Bonchev–Trinajstić information content (AvgIpc) is 2.41.